The highest BCUT2D eigenvalue weighted by atomic mass is 16.5. The normalized spacial score (nSPS) is 20.0. The highest BCUT2D eigenvalue weighted by Gasteiger charge is 2.31. The van der Waals surface area contributed by atoms with Crippen LogP contribution in [0.25, 0.3) is 0 Å². The molecule has 0 radical (unpaired) electrons. The van der Waals surface area contributed by atoms with Crippen LogP contribution >= 0.6 is 0 Å². The Balaban J connectivity index is 2.09. The smallest absolute Gasteiger partial charge is 0.0774 e. The Morgan fingerprint density at radius 3 is 2.53 bits per heavy atom. The molecular weight excluding hydrogens is 190 g/mol. The van der Waals surface area contributed by atoms with Gasteiger partial charge in [-0.25, -0.2) is 0 Å². The Labute approximate surface area is 93.4 Å². The van der Waals surface area contributed by atoms with Crippen LogP contribution in [0.2, 0.25) is 0 Å². The summed E-state index contributed by atoms with van der Waals surface area (Å²) in [6, 6.07) is 0. The van der Waals surface area contributed by atoms with Gasteiger partial charge in [0.2, 0.25) is 0 Å². The van der Waals surface area contributed by atoms with E-state index in [2.05, 4.69) is 18.9 Å². The molecule has 15 heavy (non-hydrogen) atoms. The van der Waals surface area contributed by atoms with E-state index in [-0.39, 0.29) is 0 Å². The summed E-state index contributed by atoms with van der Waals surface area (Å²) in [4.78, 5) is 2.18. The first kappa shape index (κ1) is 12.9. The predicted molar refractivity (Wildman–Crippen MR) is 62.0 cm³/mol. The van der Waals surface area contributed by atoms with E-state index in [0.717, 1.165) is 45.6 Å². The van der Waals surface area contributed by atoms with Crippen molar-refractivity contribution in [1.29, 1.82) is 0 Å². The van der Waals surface area contributed by atoms with E-state index in [4.69, 9.17) is 4.74 Å². The average Bonchev–Trinajstić information content (AvgIpc) is 2.59. The Bertz CT molecular complexity index is 167. The summed E-state index contributed by atoms with van der Waals surface area (Å²) in [6.45, 7) is 5.45. The van der Waals surface area contributed by atoms with Crippen LogP contribution in [0, 0.1) is 0 Å². The summed E-state index contributed by atoms with van der Waals surface area (Å²) in [6.07, 6.45) is 5.36. The van der Waals surface area contributed by atoms with Crippen molar-refractivity contribution in [2.24, 2.45) is 0 Å². The van der Waals surface area contributed by atoms with Crippen molar-refractivity contribution in [3.8, 4) is 0 Å². The highest BCUT2D eigenvalue weighted by Crippen LogP contribution is 2.29. The number of likely N-dealkylation sites (N-methyl/N-ethyl adjacent to an activating group) is 1. The predicted octanol–water partition coefficient (Wildman–Crippen LogP) is 1.65. The van der Waals surface area contributed by atoms with Crippen LogP contribution < -0.4 is 0 Å². The van der Waals surface area contributed by atoms with E-state index in [1.165, 1.54) is 12.8 Å². The van der Waals surface area contributed by atoms with E-state index >= 15 is 0 Å². The molecule has 0 aliphatic heterocycles. The number of ether oxygens (including phenoxy) is 1. The van der Waals surface area contributed by atoms with Crippen LogP contribution in [0.1, 0.15) is 39.0 Å². The zero-order chi connectivity index (χ0) is 11.1. The van der Waals surface area contributed by atoms with Gasteiger partial charge in [-0.05, 0) is 26.3 Å². The van der Waals surface area contributed by atoms with E-state index in [1.807, 2.05) is 0 Å². The van der Waals surface area contributed by atoms with Gasteiger partial charge in [-0.15, -0.1) is 0 Å². The van der Waals surface area contributed by atoms with Crippen molar-refractivity contribution in [1.82, 2.24) is 4.90 Å². The third-order valence-electron chi connectivity index (χ3n) is 3.06. The molecule has 0 aromatic rings. The molecule has 1 aliphatic rings. The standard InChI is InChI=1S/C12H25NO2/c1-3-9-15-10-8-13(2)11-12(14)6-4-5-7-12/h14H,3-11H2,1-2H3. The lowest BCUT2D eigenvalue weighted by Crippen LogP contribution is -2.40. The van der Waals surface area contributed by atoms with E-state index in [0.29, 0.717) is 0 Å². The maximum Gasteiger partial charge on any atom is 0.0774 e. The number of nitrogens with zero attached hydrogens (tertiary/aromatic N) is 1. The van der Waals surface area contributed by atoms with Crippen LogP contribution in [-0.2, 0) is 4.74 Å². The number of aliphatic hydroxyl groups is 1. The molecule has 0 heterocycles. The highest BCUT2D eigenvalue weighted by molar-refractivity contribution is 4.86. The molecule has 0 bridgehead atoms. The number of hydrogen-bond donors (Lipinski definition) is 1. The number of hydrogen-bond acceptors (Lipinski definition) is 3. The summed E-state index contributed by atoms with van der Waals surface area (Å²) in [5.74, 6) is 0. The average molecular weight is 215 g/mol. The second-order valence-corrected chi connectivity index (χ2v) is 4.78. The Morgan fingerprint density at radius 1 is 1.27 bits per heavy atom. The van der Waals surface area contributed by atoms with Crippen molar-refractivity contribution in [2.45, 2.75) is 44.6 Å². The third kappa shape index (κ3) is 4.96. The van der Waals surface area contributed by atoms with Gasteiger partial charge < -0.3 is 14.7 Å². The van der Waals surface area contributed by atoms with E-state index in [1.54, 1.807) is 0 Å². The monoisotopic (exact) mass is 215 g/mol. The lowest BCUT2D eigenvalue weighted by Gasteiger charge is -2.28. The fraction of sp³-hybridized carbons (Fsp3) is 1.00. The van der Waals surface area contributed by atoms with Crippen molar-refractivity contribution in [3.05, 3.63) is 0 Å². The maximum atomic E-state index is 10.2. The van der Waals surface area contributed by atoms with Crippen LogP contribution in [-0.4, -0.2) is 49.0 Å². The molecular formula is C12H25NO2. The molecule has 0 unspecified atom stereocenters. The molecule has 0 amide bonds. The summed E-state index contributed by atoms with van der Waals surface area (Å²) in [5, 5.41) is 10.2. The van der Waals surface area contributed by atoms with Crippen LogP contribution in [0.15, 0.2) is 0 Å². The van der Waals surface area contributed by atoms with Gasteiger partial charge >= 0.3 is 0 Å². The summed E-state index contributed by atoms with van der Waals surface area (Å²) in [5.41, 5.74) is -0.417. The van der Waals surface area contributed by atoms with Gasteiger partial charge in [-0.2, -0.15) is 0 Å². The van der Waals surface area contributed by atoms with Gasteiger partial charge in [0.1, 0.15) is 0 Å². The Morgan fingerprint density at radius 2 is 1.93 bits per heavy atom. The molecule has 1 N–H and O–H groups in total. The summed E-state index contributed by atoms with van der Waals surface area (Å²) < 4.78 is 5.43. The first-order valence-electron chi connectivity index (χ1n) is 6.15. The van der Waals surface area contributed by atoms with Crippen LogP contribution in [0.5, 0.6) is 0 Å². The van der Waals surface area contributed by atoms with Gasteiger partial charge in [0.15, 0.2) is 0 Å². The van der Waals surface area contributed by atoms with Crippen molar-refractivity contribution >= 4 is 0 Å². The van der Waals surface area contributed by atoms with Gasteiger partial charge in [0.05, 0.1) is 12.2 Å². The minimum absolute atomic E-state index is 0.417. The SMILES string of the molecule is CCCOCCN(C)CC1(O)CCCC1. The van der Waals surface area contributed by atoms with E-state index < -0.39 is 5.60 Å². The molecule has 1 saturated carbocycles. The maximum absolute atomic E-state index is 10.2. The fourth-order valence-corrected chi connectivity index (χ4v) is 2.24. The molecule has 1 fully saturated rings. The molecule has 3 heteroatoms. The zero-order valence-electron chi connectivity index (χ0n) is 10.2. The molecule has 0 aromatic heterocycles. The lowest BCUT2D eigenvalue weighted by molar-refractivity contribution is 0.00844. The van der Waals surface area contributed by atoms with Crippen LogP contribution in [0.4, 0.5) is 0 Å². The summed E-state index contributed by atoms with van der Waals surface area (Å²) >= 11 is 0. The lowest BCUT2D eigenvalue weighted by atomic mass is 10.0. The largest absolute Gasteiger partial charge is 0.389 e. The molecule has 0 spiro atoms. The first-order valence-corrected chi connectivity index (χ1v) is 6.15. The molecule has 3 nitrogen and oxygen atoms in total. The fourth-order valence-electron chi connectivity index (χ4n) is 2.24. The minimum atomic E-state index is -0.417. The Kier molecular flexibility index (Phi) is 5.58. The first-order chi connectivity index (χ1) is 7.16. The quantitative estimate of drug-likeness (QED) is 0.655. The van der Waals surface area contributed by atoms with Gasteiger partial charge in [0, 0.05) is 19.7 Å². The molecule has 0 aromatic carbocycles. The van der Waals surface area contributed by atoms with Gasteiger partial charge in [0.25, 0.3) is 0 Å². The Hall–Kier alpha value is -0.120. The van der Waals surface area contributed by atoms with Gasteiger partial charge in [-0.1, -0.05) is 19.8 Å². The molecule has 0 saturated heterocycles. The second-order valence-electron chi connectivity index (χ2n) is 4.78. The number of rotatable bonds is 7. The molecule has 1 aliphatic carbocycles. The third-order valence-corrected chi connectivity index (χ3v) is 3.06. The van der Waals surface area contributed by atoms with Crippen molar-refractivity contribution in [2.75, 3.05) is 33.4 Å². The van der Waals surface area contributed by atoms with Crippen LogP contribution in [0.3, 0.4) is 0 Å². The topological polar surface area (TPSA) is 32.7 Å². The second kappa shape index (κ2) is 6.46. The molecule has 0 atom stereocenters. The van der Waals surface area contributed by atoms with Gasteiger partial charge in [-0.3, -0.25) is 0 Å². The molecule has 90 valence electrons. The van der Waals surface area contributed by atoms with Crippen molar-refractivity contribution < 1.29 is 9.84 Å². The summed E-state index contributed by atoms with van der Waals surface area (Å²) in [7, 11) is 2.06. The van der Waals surface area contributed by atoms with Crippen molar-refractivity contribution in [3.63, 3.8) is 0 Å². The minimum Gasteiger partial charge on any atom is -0.389 e. The van der Waals surface area contributed by atoms with E-state index in [9.17, 15) is 5.11 Å². The molecule has 1 rings (SSSR count). The zero-order valence-corrected chi connectivity index (χ0v) is 10.2.